The summed E-state index contributed by atoms with van der Waals surface area (Å²) in [6.07, 6.45) is 23.3. The first kappa shape index (κ1) is 23.7. The van der Waals surface area contributed by atoms with Crippen molar-refractivity contribution in [2.24, 2.45) is 0 Å². The number of rotatable bonds is 18. The predicted molar refractivity (Wildman–Crippen MR) is 114 cm³/mol. The molecule has 0 spiro atoms. The molecular formula is C24H41NO2. The molecule has 0 aliphatic carbocycles. The number of carbonyl (C=O) groups is 1. The lowest BCUT2D eigenvalue weighted by Gasteiger charge is -2.05. The summed E-state index contributed by atoms with van der Waals surface area (Å²) in [4.78, 5) is 15.7. The van der Waals surface area contributed by atoms with Gasteiger partial charge in [-0.05, 0) is 37.0 Å². The molecule has 0 saturated carbocycles. The van der Waals surface area contributed by atoms with Crippen LogP contribution in [0.4, 0.5) is 0 Å². The van der Waals surface area contributed by atoms with Gasteiger partial charge in [0.1, 0.15) is 0 Å². The maximum atomic E-state index is 11.7. The first-order valence-corrected chi connectivity index (χ1v) is 11.4. The minimum Gasteiger partial charge on any atom is -0.466 e. The molecule has 0 aromatic carbocycles. The summed E-state index contributed by atoms with van der Waals surface area (Å²) < 4.78 is 5.32. The van der Waals surface area contributed by atoms with Crippen LogP contribution >= 0.6 is 0 Å². The van der Waals surface area contributed by atoms with Crippen molar-refractivity contribution in [3.05, 3.63) is 30.1 Å². The molecular weight excluding hydrogens is 334 g/mol. The molecule has 1 aromatic rings. The molecule has 3 nitrogen and oxygen atoms in total. The summed E-state index contributed by atoms with van der Waals surface area (Å²) >= 11 is 0. The first-order chi connectivity index (χ1) is 13.3. The number of unbranched alkanes of at least 4 members (excludes halogenated alkanes) is 12. The van der Waals surface area contributed by atoms with E-state index >= 15 is 0 Å². The Balaban J connectivity index is 1.78. The molecule has 27 heavy (non-hydrogen) atoms. The minimum absolute atomic E-state index is 0.0344. The summed E-state index contributed by atoms with van der Waals surface area (Å²) in [5, 5.41) is 0. The normalized spacial score (nSPS) is 10.9. The van der Waals surface area contributed by atoms with Crippen LogP contribution in [0.5, 0.6) is 0 Å². The molecule has 1 aromatic heterocycles. The van der Waals surface area contributed by atoms with Crippen molar-refractivity contribution < 1.29 is 9.53 Å². The Morgan fingerprint density at radius 3 is 1.85 bits per heavy atom. The summed E-state index contributed by atoms with van der Waals surface area (Å²) in [5.41, 5.74) is 1.25. The van der Waals surface area contributed by atoms with Gasteiger partial charge < -0.3 is 4.74 Å². The zero-order valence-electron chi connectivity index (χ0n) is 17.6. The zero-order valence-corrected chi connectivity index (χ0v) is 17.6. The molecule has 0 unspecified atom stereocenters. The second kappa shape index (κ2) is 18.0. The molecule has 154 valence electrons. The Morgan fingerprint density at radius 1 is 0.778 bits per heavy atom. The minimum atomic E-state index is -0.0344. The fourth-order valence-corrected chi connectivity index (χ4v) is 3.37. The third-order valence-corrected chi connectivity index (χ3v) is 5.11. The van der Waals surface area contributed by atoms with Crippen LogP contribution in [-0.2, 0) is 16.0 Å². The van der Waals surface area contributed by atoms with Gasteiger partial charge in [-0.1, -0.05) is 84.0 Å². The second-order valence-electron chi connectivity index (χ2n) is 7.67. The van der Waals surface area contributed by atoms with Gasteiger partial charge in [0.05, 0.1) is 6.61 Å². The van der Waals surface area contributed by atoms with E-state index in [4.69, 9.17) is 4.74 Å². The number of pyridine rings is 1. The lowest BCUT2D eigenvalue weighted by atomic mass is 10.0. The predicted octanol–water partition coefficient (Wildman–Crippen LogP) is 7.04. The molecule has 1 rings (SSSR count). The molecule has 1 heterocycles. The number of hydrogen-bond acceptors (Lipinski definition) is 3. The van der Waals surface area contributed by atoms with Gasteiger partial charge in [-0.15, -0.1) is 0 Å². The molecule has 0 aliphatic heterocycles. The number of nitrogens with zero attached hydrogens (tertiary/aromatic N) is 1. The van der Waals surface area contributed by atoms with Gasteiger partial charge in [0.15, 0.2) is 0 Å². The van der Waals surface area contributed by atoms with Gasteiger partial charge in [0, 0.05) is 18.8 Å². The average molecular weight is 376 g/mol. The highest BCUT2D eigenvalue weighted by molar-refractivity contribution is 5.69. The van der Waals surface area contributed by atoms with Gasteiger partial charge in [-0.3, -0.25) is 9.78 Å². The molecule has 0 atom stereocenters. The number of ether oxygens (including phenoxy) is 1. The highest BCUT2D eigenvalue weighted by atomic mass is 16.5. The Kier molecular flexibility index (Phi) is 15.8. The molecule has 0 amide bonds. The monoisotopic (exact) mass is 375 g/mol. The number of aromatic nitrogens is 1. The number of aryl methyl sites for hydroxylation is 1. The third-order valence-electron chi connectivity index (χ3n) is 5.11. The van der Waals surface area contributed by atoms with Crippen LogP contribution in [0.2, 0.25) is 0 Å². The van der Waals surface area contributed by atoms with Crippen LogP contribution in [0.25, 0.3) is 0 Å². The van der Waals surface area contributed by atoms with Crippen LogP contribution < -0.4 is 0 Å². The molecule has 3 heteroatoms. The second-order valence-corrected chi connectivity index (χ2v) is 7.67. The van der Waals surface area contributed by atoms with Crippen molar-refractivity contribution in [3.63, 3.8) is 0 Å². The third kappa shape index (κ3) is 15.4. The number of hydrogen-bond donors (Lipinski definition) is 0. The smallest absolute Gasteiger partial charge is 0.305 e. The lowest BCUT2D eigenvalue weighted by molar-refractivity contribution is -0.143. The van der Waals surface area contributed by atoms with Crippen molar-refractivity contribution in [2.75, 3.05) is 6.61 Å². The van der Waals surface area contributed by atoms with E-state index in [0.717, 1.165) is 25.7 Å². The van der Waals surface area contributed by atoms with Crippen molar-refractivity contribution in [1.29, 1.82) is 0 Å². The maximum absolute atomic E-state index is 11.7. The van der Waals surface area contributed by atoms with E-state index in [1.165, 1.54) is 76.2 Å². The Hall–Kier alpha value is -1.38. The van der Waals surface area contributed by atoms with Gasteiger partial charge >= 0.3 is 5.97 Å². The molecule has 0 aliphatic rings. The van der Waals surface area contributed by atoms with E-state index < -0.39 is 0 Å². The summed E-state index contributed by atoms with van der Waals surface area (Å²) in [5.74, 6) is -0.0344. The first-order valence-electron chi connectivity index (χ1n) is 11.4. The number of esters is 1. The standard InChI is InChI=1S/C24H41NO2/c1-2-3-4-5-6-7-8-9-10-11-12-13-14-17-24(26)27-22-15-16-23-18-20-25-21-19-23/h18-21H,2-17,22H2,1H3. The fourth-order valence-electron chi connectivity index (χ4n) is 3.37. The highest BCUT2D eigenvalue weighted by Gasteiger charge is 2.03. The van der Waals surface area contributed by atoms with E-state index in [1.54, 1.807) is 12.4 Å². The average Bonchev–Trinajstić information content (AvgIpc) is 2.69. The molecule has 0 fully saturated rings. The maximum Gasteiger partial charge on any atom is 0.305 e. The molecule has 0 saturated heterocycles. The van der Waals surface area contributed by atoms with E-state index in [-0.39, 0.29) is 5.97 Å². The van der Waals surface area contributed by atoms with Gasteiger partial charge in [-0.2, -0.15) is 0 Å². The van der Waals surface area contributed by atoms with Crippen molar-refractivity contribution in [1.82, 2.24) is 4.98 Å². The van der Waals surface area contributed by atoms with E-state index in [2.05, 4.69) is 11.9 Å². The van der Waals surface area contributed by atoms with E-state index in [9.17, 15) is 4.79 Å². The van der Waals surface area contributed by atoms with Crippen LogP contribution in [0.1, 0.15) is 109 Å². The summed E-state index contributed by atoms with van der Waals surface area (Å²) in [6, 6.07) is 4.02. The summed E-state index contributed by atoms with van der Waals surface area (Å²) in [7, 11) is 0. The zero-order chi connectivity index (χ0) is 19.4. The van der Waals surface area contributed by atoms with Crippen molar-refractivity contribution >= 4 is 5.97 Å². The SMILES string of the molecule is CCCCCCCCCCCCCCCC(=O)OCCCc1ccncc1. The number of carbonyl (C=O) groups excluding carboxylic acids is 1. The van der Waals surface area contributed by atoms with Gasteiger partial charge in [-0.25, -0.2) is 0 Å². The topological polar surface area (TPSA) is 39.2 Å². The van der Waals surface area contributed by atoms with Crippen molar-refractivity contribution in [2.45, 2.75) is 110 Å². The lowest BCUT2D eigenvalue weighted by Crippen LogP contribution is -2.06. The molecule has 0 bridgehead atoms. The Morgan fingerprint density at radius 2 is 1.30 bits per heavy atom. The van der Waals surface area contributed by atoms with Crippen molar-refractivity contribution in [3.8, 4) is 0 Å². The molecule has 0 radical (unpaired) electrons. The quantitative estimate of drug-likeness (QED) is 0.204. The van der Waals surface area contributed by atoms with Gasteiger partial charge in [0.25, 0.3) is 0 Å². The Labute approximate surface area is 167 Å². The molecule has 0 N–H and O–H groups in total. The largest absolute Gasteiger partial charge is 0.466 e. The van der Waals surface area contributed by atoms with E-state index in [1.807, 2.05) is 12.1 Å². The van der Waals surface area contributed by atoms with Crippen LogP contribution in [0.15, 0.2) is 24.5 Å². The fraction of sp³-hybridized carbons (Fsp3) is 0.750. The van der Waals surface area contributed by atoms with Crippen LogP contribution in [-0.4, -0.2) is 17.6 Å². The highest BCUT2D eigenvalue weighted by Crippen LogP contribution is 2.13. The summed E-state index contributed by atoms with van der Waals surface area (Å²) in [6.45, 7) is 2.80. The Bertz CT molecular complexity index is 447. The van der Waals surface area contributed by atoms with Gasteiger partial charge in [0.2, 0.25) is 0 Å². The van der Waals surface area contributed by atoms with Crippen LogP contribution in [0, 0.1) is 0 Å². The van der Waals surface area contributed by atoms with E-state index in [0.29, 0.717) is 13.0 Å². The van der Waals surface area contributed by atoms with Crippen LogP contribution in [0.3, 0.4) is 0 Å².